The lowest BCUT2D eigenvalue weighted by atomic mass is 9.97. The highest BCUT2D eigenvalue weighted by Crippen LogP contribution is 2.32. The van der Waals surface area contributed by atoms with E-state index in [1.807, 2.05) is 18.2 Å². The number of fused-ring (bicyclic) bond motifs is 3. The Labute approximate surface area is 154 Å². The van der Waals surface area contributed by atoms with Gasteiger partial charge in [0.25, 0.3) is 5.69 Å². The Bertz CT molecular complexity index is 1110. The fourth-order valence-corrected chi connectivity index (χ4v) is 3.24. The van der Waals surface area contributed by atoms with E-state index in [9.17, 15) is 14.9 Å². The number of rotatable bonds is 4. The third kappa shape index (κ3) is 3.12. The maximum absolute atomic E-state index is 12.5. The fraction of sp³-hybridized carbons (Fsp3) is 0.158. The molecule has 0 fully saturated rings. The predicted octanol–water partition coefficient (Wildman–Crippen LogP) is 3.13. The second-order valence-corrected chi connectivity index (χ2v) is 6.17. The van der Waals surface area contributed by atoms with Crippen molar-refractivity contribution in [3.8, 4) is 17.0 Å². The van der Waals surface area contributed by atoms with Gasteiger partial charge in [-0.05, 0) is 36.2 Å². The van der Waals surface area contributed by atoms with Gasteiger partial charge in [-0.25, -0.2) is 4.79 Å². The van der Waals surface area contributed by atoms with E-state index >= 15 is 0 Å². The van der Waals surface area contributed by atoms with Gasteiger partial charge in [-0.2, -0.15) is 4.98 Å². The number of anilines is 2. The van der Waals surface area contributed by atoms with Crippen LogP contribution in [0.2, 0.25) is 0 Å². The van der Waals surface area contributed by atoms with E-state index in [1.54, 1.807) is 29.9 Å². The molecule has 2 aromatic carbocycles. The molecule has 4 rings (SSSR count). The smallest absolute Gasteiger partial charge is 0.350 e. The Kier molecular flexibility index (Phi) is 4.08. The SMILES string of the molecule is COc1ccc2c(c1)CCn1c-2cc(Nc2cccc([N+](=O)[O-])c2)nc1=O. The minimum Gasteiger partial charge on any atom is -0.497 e. The molecule has 1 aliphatic rings. The highest BCUT2D eigenvalue weighted by atomic mass is 16.6. The van der Waals surface area contributed by atoms with Gasteiger partial charge in [0.2, 0.25) is 0 Å². The third-order valence-corrected chi connectivity index (χ3v) is 4.53. The van der Waals surface area contributed by atoms with Crippen molar-refractivity contribution < 1.29 is 9.66 Å². The number of methoxy groups -OCH3 is 1. The monoisotopic (exact) mass is 364 g/mol. The lowest BCUT2D eigenvalue weighted by molar-refractivity contribution is -0.384. The van der Waals surface area contributed by atoms with Crippen molar-refractivity contribution in [1.29, 1.82) is 0 Å². The molecule has 2 heterocycles. The van der Waals surface area contributed by atoms with Crippen LogP contribution in [0.3, 0.4) is 0 Å². The Balaban J connectivity index is 1.75. The summed E-state index contributed by atoms with van der Waals surface area (Å²) in [5.41, 5.74) is 2.90. The van der Waals surface area contributed by atoms with Crippen LogP contribution in [0.15, 0.2) is 53.3 Å². The van der Waals surface area contributed by atoms with E-state index in [4.69, 9.17) is 4.74 Å². The molecule has 1 aliphatic heterocycles. The van der Waals surface area contributed by atoms with Crippen molar-refractivity contribution in [2.75, 3.05) is 12.4 Å². The Morgan fingerprint density at radius 3 is 2.85 bits per heavy atom. The summed E-state index contributed by atoms with van der Waals surface area (Å²) in [6.45, 7) is 0.540. The number of nitrogens with zero attached hydrogens (tertiary/aromatic N) is 3. The topological polar surface area (TPSA) is 99.3 Å². The molecule has 0 saturated carbocycles. The summed E-state index contributed by atoms with van der Waals surface area (Å²) >= 11 is 0. The average molecular weight is 364 g/mol. The number of nitro groups is 1. The Morgan fingerprint density at radius 2 is 2.07 bits per heavy atom. The molecule has 8 heteroatoms. The van der Waals surface area contributed by atoms with Gasteiger partial charge in [0.15, 0.2) is 0 Å². The molecule has 0 aliphatic carbocycles. The van der Waals surface area contributed by atoms with Crippen LogP contribution in [0.25, 0.3) is 11.3 Å². The molecule has 0 saturated heterocycles. The summed E-state index contributed by atoms with van der Waals surface area (Å²) in [6.07, 6.45) is 0.721. The molecule has 0 radical (unpaired) electrons. The molecular weight excluding hydrogens is 348 g/mol. The minimum absolute atomic E-state index is 0.0351. The molecule has 0 atom stereocenters. The normalized spacial score (nSPS) is 12.0. The standard InChI is InChI=1S/C19H16N4O4/c1-27-15-5-6-16-12(9-15)7-8-22-17(16)11-18(21-19(22)24)20-13-3-2-4-14(10-13)23(25)26/h2-6,9-11H,7-8H2,1H3,(H,20,21,24). The van der Waals surface area contributed by atoms with Gasteiger partial charge in [-0.3, -0.25) is 14.7 Å². The highest BCUT2D eigenvalue weighted by molar-refractivity contribution is 5.71. The van der Waals surface area contributed by atoms with Crippen molar-refractivity contribution in [3.05, 3.63) is 74.7 Å². The lowest BCUT2D eigenvalue weighted by Gasteiger charge is -2.22. The molecule has 3 aromatic rings. The number of benzene rings is 2. The summed E-state index contributed by atoms with van der Waals surface area (Å²) in [5, 5.41) is 13.9. The van der Waals surface area contributed by atoms with Crippen LogP contribution in [-0.2, 0) is 13.0 Å². The predicted molar refractivity (Wildman–Crippen MR) is 101 cm³/mol. The highest BCUT2D eigenvalue weighted by Gasteiger charge is 2.19. The van der Waals surface area contributed by atoms with E-state index in [2.05, 4.69) is 10.3 Å². The number of ether oxygens (including phenoxy) is 1. The van der Waals surface area contributed by atoms with Gasteiger partial charge in [0.05, 0.1) is 17.7 Å². The molecule has 136 valence electrons. The molecule has 1 aromatic heterocycles. The van der Waals surface area contributed by atoms with Crippen LogP contribution in [0, 0.1) is 10.1 Å². The minimum atomic E-state index is -0.468. The summed E-state index contributed by atoms with van der Waals surface area (Å²) in [4.78, 5) is 27.0. The van der Waals surface area contributed by atoms with Gasteiger partial charge in [0.1, 0.15) is 11.6 Å². The number of nitro benzene ring substituents is 1. The van der Waals surface area contributed by atoms with Crippen molar-refractivity contribution >= 4 is 17.2 Å². The third-order valence-electron chi connectivity index (χ3n) is 4.53. The average Bonchev–Trinajstić information content (AvgIpc) is 2.67. The summed E-state index contributed by atoms with van der Waals surface area (Å²) in [5.74, 6) is 1.11. The van der Waals surface area contributed by atoms with Crippen LogP contribution in [0.5, 0.6) is 5.75 Å². The molecule has 27 heavy (non-hydrogen) atoms. The molecule has 8 nitrogen and oxygen atoms in total. The van der Waals surface area contributed by atoms with Crippen LogP contribution < -0.4 is 15.7 Å². The van der Waals surface area contributed by atoms with Gasteiger partial charge in [-0.1, -0.05) is 6.07 Å². The zero-order chi connectivity index (χ0) is 19.0. The molecular formula is C19H16N4O4. The largest absolute Gasteiger partial charge is 0.497 e. The number of aromatic nitrogens is 2. The van der Waals surface area contributed by atoms with Gasteiger partial charge in [0, 0.05) is 36.0 Å². The first-order valence-electron chi connectivity index (χ1n) is 8.36. The first-order valence-corrected chi connectivity index (χ1v) is 8.36. The van der Waals surface area contributed by atoms with Gasteiger partial charge in [-0.15, -0.1) is 0 Å². The summed E-state index contributed by atoms with van der Waals surface area (Å²) in [6, 6.07) is 13.6. The molecule has 0 spiro atoms. The molecule has 1 N–H and O–H groups in total. The second-order valence-electron chi connectivity index (χ2n) is 6.17. The number of non-ortho nitro benzene ring substituents is 1. The zero-order valence-electron chi connectivity index (χ0n) is 14.5. The number of nitrogens with one attached hydrogen (secondary N) is 1. The maximum atomic E-state index is 12.5. The number of hydrogen-bond donors (Lipinski definition) is 1. The molecule has 0 amide bonds. The molecule has 0 bridgehead atoms. The number of aryl methyl sites for hydroxylation is 1. The molecule has 0 unspecified atom stereocenters. The quantitative estimate of drug-likeness (QED) is 0.564. The van der Waals surface area contributed by atoms with E-state index < -0.39 is 4.92 Å². The van der Waals surface area contributed by atoms with Gasteiger partial charge >= 0.3 is 5.69 Å². The van der Waals surface area contributed by atoms with E-state index in [0.717, 1.165) is 29.0 Å². The first kappa shape index (κ1) is 16.8. The second kappa shape index (κ2) is 6.56. The lowest BCUT2D eigenvalue weighted by Crippen LogP contribution is -2.28. The summed E-state index contributed by atoms with van der Waals surface area (Å²) < 4.78 is 6.91. The fourth-order valence-electron chi connectivity index (χ4n) is 3.24. The van der Waals surface area contributed by atoms with Gasteiger partial charge < -0.3 is 10.1 Å². The van der Waals surface area contributed by atoms with Crippen molar-refractivity contribution in [1.82, 2.24) is 9.55 Å². The van der Waals surface area contributed by atoms with E-state index in [1.165, 1.54) is 12.1 Å². The maximum Gasteiger partial charge on any atom is 0.350 e. The summed E-state index contributed by atoms with van der Waals surface area (Å²) in [7, 11) is 1.62. The van der Waals surface area contributed by atoms with E-state index in [0.29, 0.717) is 18.1 Å². The van der Waals surface area contributed by atoms with Crippen LogP contribution in [0.4, 0.5) is 17.2 Å². The van der Waals surface area contributed by atoms with Crippen LogP contribution in [0.1, 0.15) is 5.56 Å². The Morgan fingerprint density at radius 1 is 1.22 bits per heavy atom. The first-order chi connectivity index (χ1) is 13.0. The van der Waals surface area contributed by atoms with Crippen LogP contribution >= 0.6 is 0 Å². The van der Waals surface area contributed by atoms with Crippen LogP contribution in [-0.4, -0.2) is 21.6 Å². The van der Waals surface area contributed by atoms with Crippen molar-refractivity contribution in [2.45, 2.75) is 13.0 Å². The Hall–Kier alpha value is -3.68. The number of hydrogen-bond acceptors (Lipinski definition) is 6. The van der Waals surface area contributed by atoms with Crippen molar-refractivity contribution in [2.24, 2.45) is 0 Å². The van der Waals surface area contributed by atoms with E-state index in [-0.39, 0.29) is 11.4 Å². The zero-order valence-corrected chi connectivity index (χ0v) is 14.5. The van der Waals surface area contributed by atoms with Crippen molar-refractivity contribution in [3.63, 3.8) is 0 Å².